The molecule has 2 rings (SSSR count). The van der Waals surface area contributed by atoms with Crippen molar-refractivity contribution in [3.05, 3.63) is 24.0 Å². The molecule has 0 spiro atoms. The van der Waals surface area contributed by atoms with E-state index in [4.69, 9.17) is 0 Å². The third kappa shape index (κ3) is 3.19. The summed E-state index contributed by atoms with van der Waals surface area (Å²) in [6.45, 7) is 4.70. The maximum atomic E-state index is 11.6. The maximum Gasteiger partial charge on any atom is 0.269 e. The quantitative estimate of drug-likeness (QED) is 0.818. The third-order valence-electron chi connectivity index (χ3n) is 3.05. The van der Waals surface area contributed by atoms with Gasteiger partial charge in [-0.2, -0.15) is 0 Å². The molecular formula is C13H19N3O. The molecule has 1 unspecified atom stereocenters. The molecule has 1 atom stereocenters. The van der Waals surface area contributed by atoms with Crippen LogP contribution in [0.1, 0.15) is 37.2 Å². The molecule has 1 saturated carbocycles. The molecule has 92 valence electrons. The monoisotopic (exact) mass is 233 g/mol. The van der Waals surface area contributed by atoms with E-state index in [2.05, 4.69) is 22.5 Å². The highest BCUT2D eigenvalue weighted by molar-refractivity contribution is 5.93. The van der Waals surface area contributed by atoms with Gasteiger partial charge in [0.2, 0.25) is 0 Å². The van der Waals surface area contributed by atoms with Gasteiger partial charge in [0.15, 0.2) is 0 Å². The van der Waals surface area contributed by atoms with Gasteiger partial charge in [0.05, 0.1) is 0 Å². The second kappa shape index (κ2) is 5.17. The Morgan fingerprint density at radius 2 is 2.35 bits per heavy atom. The summed E-state index contributed by atoms with van der Waals surface area (Å²) in [4.78, 5) is 15.7. The van der Waals surface area contributed by atoms with Crippen LogP contribution in [0.4, 0.5) is 5.69 Å². The first-order valence-corrected chi connectivity index (χ1v) is 6.21. The van der Waals surface area contributed by atoms with E-state index in [1.807, 2.05) is 19.1 Å². The fourth-order valence-electron chi connectivity index (χ4n) is 1.87. The molecule has 4 nitrogen and oxygen atoms in total. The Balaban J connectivity index is 2.02. The number of amides is 1. The molecule has 1 fully saturated rings. The molecule has 0 aliphatic heterocycles. The van der Waals surface area contributed by atoms with Gasteiger partial charge < -0.3 is 10.6 Å². The zero-order valence-corrected chi connectivity index (χ0v) is 10.4. The lowest BCUT2D eigenvalue weighted by Gasteiger charge is -2.14. The Morgan fingerprint density at radius 1 is 1.59 bits per heavy atom. The fourth-order valence-corrected chi connectivity index (χ4v) is 1.87. The van der Waals surface area contributed by atoms with Crippen LogP contribution in [0.3, 0.4) is 0 Å². The number of carbonyl (C=O) groups is 1. The minimum Gasteiger partial charge on any atom is -0.382 e. The lowest BCUT2D eigenvalue weighted by molar-refractivity contribution is 0.0951. The van der Waals surface area contributed by atoms with Gasteiger partial charge >= 0.3 is 0 Å². The van der Waals surface area contributed by atoms with Crippen molar-refractivity contribution >= 4 is 11.6 Å². The average Bonchev–Trinajstić information content (AvgIpc) is 3.13. The molecule has 1 amide bonds. The molecule has 1 aromatic rings. The van der Waals surface area contributed by atoms with Crippen molar-refractivity contribution in [1.82, 2.24) is 10.3 Å². The van der Waals surface area contributed by atoms with Crippen LogP contribution in [0, 0.1) is 5.92 Å². The van der Waals surface area contributed by atoms with E-state index in [-0.39, 0.29) is 5.91 Å². The van der Waals surface area contributed by atoms with Crippen LogP contribution in [0.15, 0.2) is 18.3 Å². The first-order valence-electron chi connectivity index (χ1n) is 6.21. The highest BCUT2D eigenvalue weighted by Gasteiger charge is 2.27. The number of nitrogens with one attached hydrogen (secondary N) is 2. The van der Waals surface area contributed by atoms with Crippen LogP contribution >= 0.6 is 0 Å². The fraction of sp³-hybridized carbons (Fsp3) is 0.538. The van der Waals surface area contributed by atoms with Crippen LogP contribution in [-0.4, -0.2) is 23.5 Å². The van der Waals surface area contributed by atoms with Gasteiger partial charge in [0.1, 0.15) is 5.69 Å². The van der Waals surface area contributed by atoms with E-state index < -0.39 is 0 Å². The standard InChI is InChI=1S/C13H19N3O/c1-3-14-13(17)12-8-11(6-7-15-12)16-9(2)10-4-5-10/h6-10H,3-5H2,1-2H3,(H,14,17)(H,15,16). The van der Waals surface area contributed by atoms with Crippen LogP contribution in [0.25, 0.3) is 0 Å². The summed E-state index contributed by atoms with van der Waals surface area (Å²) < 4.78 is 0. The Morgan fingerprint density at radius 3 is 3.00 bits per heavy atom. The molecule has 0 saturated heterocycles. The highest BCUT2D eigenvalue weighted by Crippen LogP contribution is 2.33. The molecule has 0 aromatic carbocycles. The van der Waals surface area contributed by atoms with Crippen molar-refractivity contribution in [3.8, 4) is 0 Å². The van der Waals surface area contributed by atoms with E-state index in [0.717, 1.165) is 11.6 Å². The van der Waals surface area contributed by atoms with Crippen molar-refractivity contribution in [2.45, 2.75) is 32.7 Å². The second-order valence-corrected chi connectivity index (χ2v) is 4.56. The second-order valence-electron chi connectivity index (χ2n) is 4.56. The lowest BCUT2D eigenvalue weighted by Crippen LogP contribution is -2.24. The molecule has 1 aromatic heterocycles. The van der Waals surface area contributed by atoms with Crippen LogP contribution in [0.5, 0.6) is 0 Å². The smallest absolute Gasteiger partial charge is 0.269 e. The van der Waals surface area contributed by atoms with E-state index in [0.29, 0.717) is 18.3 Å². The Hall–Kier alpha value is -1.58. The van der Waals surface area contributed by atoms with Gasteiger partial charge in [-0.15, -0.1) is 0 Å². The van der Waals surface area contributed by atoms with Gasteiger partial charge in [0.25, 0.3) is 5.91 Å². The Labute approximate surface area is 102 Å². The maximum absolute atomic E-state index is 11.6. The van der Waals surface area contributed by atoms with E-state index in [9.17, 15) is 4.79 Å². The summed E-state index contributed by atoms with van der Waals surface area (Å²) in [5, 5.41) is 6.17. The summed E-state index contributed by atoms with van der Waals surface area (Å²) in [7, 11) is 0. The summed E-state index contributed by atoms with van der Waals surface area (Å²) in [6, 6.07) is 4.19. The molecule has 17 heavy (non-hydrogen) atoms. The lowest BCUT2D eigenvalue weighted by atomic mass is 10.2. The summed E-state index contributed by atoms with van der Waals surface area (Å²) >= 11 is 0. The predicted molar refractivity (Wildman–Crippen MR) is 68.1 cm³/mol. The third-order valence-corrected chi connectivity index (χ3v) is 3.05. The number of pyridine rings is 1. The van der Waals surface area contributed by atoms with Gasteiger partial charge in [-0.1, -0.05) is 0 Å². The minimum atomic E-state index is -0.116. The number of aromatic nitrogens is 1. The highest BCUT2D eigenvalue weighted by atomic mass is 16.1. The molecular weight excluding hydrogens is 214 g/mol. The molecule has 1 aliphatic rings. The molecule has 0 radical (unpaired) electrons. The largest absolute Gasteiger partial charge is 0.382 e. The minimum absolute atomic E-state index is 0.116. The Kier molecular flexibility index (Phi) is 3.61. The zero-order valence-electron chi connectivity index (χ0n) is 10.4. The van der Waals surface area contributed by atoms with E-state index >= 15 is 0 Å². The molecule has 0 bridgehead atoms. The number of nitrogens with zero attached hydrogens (tertiary/aromatic N) is 1. The van der Waals surface area contributed by atoms with Crippen molar-refractivity contribution < 1.29 is 4.79 Å². The summed E-state index contributed by atoms with van der Waals surface area (Å²) in [5.74, 6) is 0.673. The van der Waals surface area contributed by atoms with Gasteiger partial charge in [-0.3, -0.25) is 9.78 Å². The van der Waals surface area contributed by atoms with Gasteiger partial charge in [-0.25, -0.2) is 0 Å². The predicted octanol–water partition coefficient (Wildman–Crippen LogP) is 2.04. The van der Waals surface area contributed by atoms with Crippen molar-refractivity contribution in [3.63, 3.8) is 0 Å². The molecule has 1 heterocycles. The number of hydrogen-bond acceptors (Lipinski definition) is 3. The number of carbonyl (C=O) groups excluding carboxylic acids is 1. The van der Waals surface area contributed by atoms with Gasteiger partial charge in [-0.05, 0) is 44.7 Å². The van der Waals surface area contributed by atoms with Crippen molar-refractivity contribution in [2.75, 3.05) is 11.9 Å². The van der Waals surface area contributed by atoms with E-state index in [1.165, 1.54) is 12.8 Å². The normalized spacial score (nSPS) is 16.4. The molecule has 4 heteroatoms. The van der Waals surface area contributed by atoms with Gasteiger partial charge in [0, 0.05) is 24.5 Å². The number of hydrogen-bond donors (Lipinski definition) is 2. The SMILES string of the molecule is CCNC(=O)c1cc(NC(C)C2CC2)ccn1. The first-order chi connectivity index (χ1) is 8.20. The molecule has 2 N–H and O–H groups in total. The Bertz CT molecular complexity index is 401. The number of anilines is 1. The first kappa shape index (κ1) is 11.9. The van der Waals surface area contributed by atoms with Crippen LogP contribution < -0.4 is 10.6 Å². The average molecular weight is 233 g/mol. The van der Waals surface area contributed by atoms with Crippen LogP contribution in [-0.2, 0) is 0 Å². The summed E-state index contributed by atoms with van der Waals surface area (Å²) in [6.07, 6.45) is 4.29. The van der Waals surface area contributed by atoms with Crippen molar-refractivity contribution in [1.29, 1.82) is 0 Å². The van der Waals surface area contributed by atoms with Crippen LogP contribution in [0.2, 0.25) is 0 Å². The zero-order chi connectivity index (χ0) is 12.3. The molecule has 1 aliphatic carbocycles. The number of rotatable bonds is 5. The van der Waals surface area contributed by atoms with E-state index in [1.54, 1.807) is 6.20 Å². The summed E-state index contributed by atoms with van der Waals surface area (Å²) in [5.41, 5.74) is 1.44. The van der Waals surface area contributed by atoms with Crippen molar-refractivity contribution in [2.24, 2.45) is 5.92 Å². The topological polar surface area (TPSA) is 54.0 Å².